The fraction of sp³-hybridized carbons (Fsp3) is 0.259. The summed E-state index contributed by atoms with van der Waals surface area (Å²) in [5.41, 5.74) is 1.52. The van der Waals surface area contributed by atoms with Gasteiger partial charge in [-0.15, -0.1) is 0 Å². The number of alkyl halides is 3. The third-order valence-corrected chi connectivity index (χ3v) is 6.53. The highest BCUT2D eigenvalue weighted by Gasteiger charge is 2.30. The van der Waals surface area contributed by atoms with Gasteiger partial charge in [-0.05, 0) is 48.7 Å². The molecule has 1 saturated heterocycles. The maximum absolute atomic E-state index is 12.8. The monoisotopic (exact) mass is 522 g/mol. The van der Waals surface area contributed by atoms with E-state index in [2.05, 4.69) is 25.5 Å². The minimum Gasteiger partial charge on any atom is -0.351 e. The first-order chi connectivity index (χ1) is 18.2. The number of non-ortho nitro benzene ring substituents is 1. The highest BCUT2D eigenvalue weighted by molar-refractivity contribution is 5.93. The number of para-hydroxylation sites is 1. The van der Waals surface area contributed by atoms with Crippen molar-refractivity contribution < 1.29 is 18.1 Å². The van der Waals surface area contributed by atoms with E-state index in [1.165, 1.54) is 24.3 Å². The summed E-state index contributed by atoms with van der Waals surface area (Å²) in [6.07, 6.45) is -2.72. The second-order valence-corrected chi connectivity index (χ2v) is 9.23. The molecule has 4 aromatic rings. The van der Waals surface area contributed by atoms with Gasteiger partial charge < -0.3 is 10.6 Å². The van der Waals surface area contributed by atoms with Crippen LogP contribution in [0.4, 0.5) is 36.3 Å². The molecule has 0 saturated carbocycles. The van der Waals surface area contributed by atoms with Gasteiger partial charge in [0.2, 0.25) is 5.95 Å². The summed E-state index contributed by atoms with van der Waals surface area (Å²) in [7, 11) is 0. The molecule has 2 N–H and O–H groups in total. The summed E-state index contributed by atoms with van der Waals surface area (Å²) < 4.78 is 38.4. The molecule has 2 heterocycles. The van der Waals surface area contributed by atoms with Crippen LogP contribution in [0, 0.1) is 10.1 Å². The number of benzene rings is 3. The van der Waals surface area contributed by atoms with Crippen molar-refractivity contribution in [3.05, 3.63) is 94.0 Å². The quantitative estimate of drug-likeness (QED) is 0.215. The topological polar surface area (TPSA) is 96.2 Å². The van der Waals surface area contributed by atoms with Gasteiger partial charge >= 0.3 is 6.18 Å². The highest BCUT2D eigenvalue weighted by Crippen LogP contribution is 2.31. The van der Waals surface area contributed by atoms with Crippen molar-refractivity contribution in [1.29, 1.82) is 0 Å². The van der Waals surface area contributed by atoms with Gasteiger partial charge in [0, 0.05) is 48.9 Å². The van der Waals surface area contributed by atoms with E-state index in [0.29, 0.717) is 29.2 Å². The Bertz CT molecular complexity index is 1420. The SMILES string of the molecule is O=[N+]([O-])c1ccc2nc(NC3CCN(Cc4ccc(C(F)(F)F)cc4)CC3)nc(Nc3ccccc3)c2c1. The molecule has 0 radical (unpaired) electrons. The third kappa shape index (κ3) is 6.00. The van der Waals surface area contributed by atoms with Crippen LogP contribution < -0.4 is 10.6 Å². The van der Waals surface area contributed by atoms with E-state index in [1.807, 2.05) is 30.3 Å². The summed E-state index contributed by atoms with van der Waals surface area (Å²) in [5.74, 6) is 0.887. The normalized spacial score (nSPS) is 14.9. The molecule has 1 aromatic heterocycles. The number of likely N-dealkylation sites (tertiary alicyclic amines) is 1. The van der Waals surface area contributed by atoms with E-state index >= 15 is 0 Å². The second kappa shape index (κ2) is 10.6. The molecule has 1 aliphatic heterocycles. The molecule has 38 heavy (non-hydrogen) atoms. The van der Waals surface area contributed by atoms with Crippen LogP contribution >= 0.6 is 0 Å². The Hall–Kier alpha value is -4.25. The van der Waals surface area contributed by atoms with Gasteiger partial charge in [-0.3, -0.25) is 15.0 Å². The maximum atomic E-state index is 12.8. The van der Waals surface area contributed by atoms with Crippen molar-refractivity contribution in [1.82, 2.24) is 14.9 Å². The zero-order chi connectivity index (χ0) is 26.7. The number of nitrogens with one attached hydrogen (secondary N) is 2. The summed E-state index contributed by atoms with van der Waals surface area (Å²) in [6.45, 7) is 2.13. The molecule has 8 nitrogen and oxygen atoms in total. The lowest BCUT2D eigenvalue weighted by molar-refractivity contribution is -0.384. The van der Waals surface area contributed by atoms with Crippen LogP contribution in [0.5, 0.6) is 0 Å². The third-order valence-electron chi connectivity index (χ3n) is 6.53. The lowest BCUT2D eigenvalue weighted by Crippen LogP contribution is -2.39. The Morgan fingerprint density at radius 1 is 0.974 bits per heavy atom. The molecule has 0 atom stereocenters. The van der Waals surface area contributed by atoms with Crippen LogP contribution in [0.2, 0.25) is 0 Å². The number of fused-ring (bicyclic) bond motifs is 1. The van der Waals surface area contributed by atoms with Gasteiger partial charge in [0.15, 0.2) is 0 Å². The van der Waals surface area contributed by atoms with Crippen molar-refractivity contribution in [2.45, 2.75) is 31.6 Å². The average Bonchev–Trinajstić information content (AvgIpc) is 2.90. The molecule has 3 aromatic carbocycles. The van der Waals surface area contributed by atoms with E-state index in [0.717, 1.165) is 49.3 Å². The van der Waals surface area contributed by atoms with Crippen LogP contribution in [-0.4, -0.2) is 38.9 Å². The predicted molar refractivity (Wildman–Crippen MR) is 139 cm³/mol. The molecule has 11 heteroatoms. The van der Waals surface area contributed by atoms with Gasteiger partial charge in [0.1, 0.15) is 5.82 Å². The molecular formula is C27H25F3N6O2. The molecule has 0 unspecified atom stereocenters. The molecule has 1 fully saturated rings. The van der Waals surface area contributed by atoms with E-state index in [9.17, 15) is 23.3 Å². The lowest BCUT2D eigenvalue weighted by atomic mass is 10.0. The van der Waals surface area contributed by atoms with Crippen LogP contribution in [0.25, 0.3) is 10.9 Å². The Kier molecular flexibility index (Phi) is 7.10. The Morgan fingerprint density at radius 2 is 1.68 bits per heavy atom. The highest BCUT2D eigenvalue weighted by atomic mass is 19.4. The molecule has 0 bridgehead atoms. The fourth-order valence-corrected chi connectivity index (χ4v) is 4.52. The molecule has 0 spiro atoms. The largest absolute Gasteiger partial charge is 0.416 e. The Balaban J connectivity index is 1.27. The van der Waals surface area contributed by atoms with E-state index in [4.69, 9.17) is 0 Å². The standard InChI is InChI=1S/C27H25F3N6O2/c28-27(29,30)19-8-6-18(7-9-19)17-35-14-12-21(13-15-35)32-26-33-24-11-10-22(36(37)38)16-23(24)25(34-26)31-20-4-2-1-3-5-20/h1-11,16,21H,12-15,17H2,(H2,31,32,33,34). The first kappa shape index (κ1) is 25.4. The maximum Gasteiger partial charge on any atom is 0.416 e. The van der Waals surface area contributed by atoms with Gasteiger partial charge in [-0.25, -0.2) is 4.98 Å². The number of halogens is 3. The first-order valence-corrected chi connectivity index (χ1v) is 12.2. The van der Waals surface area contributed by atoms with Gasteiger partial charge in [0.05, 0.1) is 16.0 Å². The number of hydrogen-bond acceptors (Lipinski definition) is 7. The first-order valence-electron chi connectivity index (χ1n) is 12.2. The molecule has 5 rings (SSSR count). The van der Waals surface area contributed by atoms with Gasteiger partial charge in [0.25, 0.3) is 5.69 Å². The molecule has 0 amide bonds. The van der Waals surface area contributed by atoms with Crippen molar-refractivity contribution in [3.8, 4) is 0 Å². The zero-order valence-corrected chi connectivity index (χ0v) is 20.3. The van der Waals surface area contributed by atoms with Crippen molar-refractivity contribution in [2.24, 2.45) is 0 Å². The summed E-state index contributed by atoms with van der Waals surface area (Å²) in [6, 6.07) is 19.3. The van der Waals surface area contributed by atoms with Crippen molar-refractivity contribution in [3.63, 3.8) is 0 Å². The van der Waals surface area contributed by atoms with E-state index in [-0.39, 0.29) is 11.7 Å². The molecule has 196 valence electrons. The number of rotatable bonds is 7. The van der Waals surface area contributed by atoms with Crippen LogP contribution in [0.3, 0.4) is 0 Å². The number of aromatic nitrogens is 2. The predicted octanol–water partition coefficient (Wildman–Crippen LogP) is 6.38. The Morgan fingerprint density at radius 3 is 2.34 bits per heavy atom. The molecular weight excluding hydrogens is 497 g/mol. The van der Waals surface area contributed by atoms with Crippen molar-refractivity contribution in [2.75, 3.05) is 23.7 Å². The smallest absolute Gasteiger partial charge is 0.351 e. The van der Waals surface area contributed by atoms with Crippen LogP contribution in [0.15, 0.2) is 72.8 Å². The molecule has 1 aliphatic rings. The summed E-state index contributed by atoms with van der Waals surface area (Å²) in [5, 5.41) is 18.5. The Labute approximate surface area is 216 Å². The average molecular weight is 523 g/mol. The zero-order valence-electron chi connectivity index (χ0n) is 20.3. The number of anilines is 3. The summed E-state index contributed by atoms with van der Waals surface area (Å²) in [4.78, 5) is 22.3. The van der Waals surface area contributed by atoms with E-state index < -0.39 is 16.7 Å². The minimum absolute atomic E-state index is 0.0432. The second-order valence-electron chi connectivity index (χ2n) is 9.23. The van der Waals surface area contributed by atoms with Crippen LogP contribution in [-0.2, 0) is 12.7 Å². The fourth-order valence-electron chi connectivity index (χ4n) is 4.52. The summed E-state index contributed by atoms with van der Waals surface area (Å²) >= 11 is 0. The minimum atomic E-state index is -4.33. The van der Waals surface area contributed by atoms with E-state index in [1.54, 1.807) is 6.07 Å². The lowest BCUT2D eigenvalue weighted by Gasteiger charge is -2.32. The van der Waals surface area contributed by atoms with Crippen LogP contribution in [0.1, 0.15) is 24.0 Å². The number of nitro benzene ring substituents is 1. The number of hydrogen-bond donors (Lipinski definition) is 2. The van der Waals surface area contributed by atoms with Crippen molar-refractivity contribution >= 4 is 34.0 Å². The number of nitro groups is 1. The number of piperidine rings is 1. The molecule has 0 aliphatic carbocycles. The van der Waals surface area contributed by atoms with Gasteiger partial charge in [-0.1, -0.05) is 30.3 Å². The number of nitrogens with zero attached hydrogens (tertiary/aromatic N) is 4. The van der Waals surface area contributed by atoms with Gasteiger partial charge in [-0.2, -0.15) is 18.2 Å².